The average molecular weight is 557 g/mol. The molecule has 17 heteroatoms. The molecule has 38 heavy (non-hydrogen) atoms. The molecule has 4 rings (SSSR count). The Bertz CT molecular complexity index is 1250. The minimum absolute atomic E-state index is 0. The van der Waals surface area contributed by atoms with Crippen LogP contribution in [-0.2, 0) is 20.7 Å². The van der Waals surface area contributed by atoms with E-state index in [-0.39, 0.29) is 37.0 Å². The molecule has 0 aliphatic carbocycles. The number of hydrogen-bond donors (Lipinski definition) is 6. The van der Waals surface area contributed by atoms with Crippen LogP contribution >= 0.6 is 12.4 Å². The third-order valence-electron chi connectivity index (χ3n) is 5.90. The Balaban J connectivity index is 0.000000277. The number of nitrogens with one attached hydrogen (secondary N) is 4. The first-order chi connectivity index (χ1) is 17.2. The molecule has 0 unspecified atom stereocenters. The Kier molecular flexibility index (Phi) is 8.43. The van der Waals surface area contributed by atoms with Gasteiger partial charge < -0.3 is 35.4 Å². The van der Waals surface area contributed by atoms with Gasteiger partial charge >= 0.3 is 18.2 Å². The van der Waals surface area contributed by atoms with Crippen molar-refractivity contribution in [1.82, 2.24) is 36.5 Å². The van der Waals surface area contributed by atoms with Crippen molar-refractivity contribution in [3.8, 4) is 0 Å². The maximum absolute atomic E-state index is 12.3. The summed E-state index contributed by atoms with van der Waals surface area (Å²) in [7, 11) is 0. The zero-order chi connectivity index (χ0) is 27.8. The highest BCUT2D eigenvalue weighted by molar-refractivity contribution is 6.08. The van der Waals surface area contributed by atoms with Crippen molar-refractivity contribution in [3.05, 3.63) is 35.0 Å². The van der Waals surface area contributed by atoms with Gasteiger partial charge in [0.25, 0.3) is 11.8 Å². The van der Waals surface area contributed by atoms with Crippen molar-refractivity contribution >= 4 is 42.4 Å². The van der Waals surface area contributed by atoms with Crippen LogP contribution in [0.4, 0.5) is 14.4 Å². The monoisotopic (exact) mass is 556 g/mol. The molecule has 2 aromatic heterocycles. The van der Waals surface area contributed by atoms with E-state index >= 15 is 0 Å². The van der Waals surface area contributed by atoms with E-state index in [0.717, 1.165) is 4.90 Å². The van der Waals surface area contributed by atoms with Gasteiger partial charge in [0.2, 0.25) is 0 Å². The third kappa shape index (κ3) is 5.26. The first kappa shape index (κ1) is 30.0. The lowest BCUT2D eigenvalue weighted by molar-refractivity contribution is -0.126. The lowest BCUT2D eigenvalue weighted by Gasteiger charge is -2.38. The fraction of sp³-hybridized carbons (Fsp3) is 0.476. The normalized spacial score (nSPS) is 22.4. The molecular weight excluding hydrogens is 528 g/mol. The summed E-state index contributed by atoms with van der Waals surface area (Å²) in [4.78, 5) is 59.3. The predicted octanol–water partition coefficient (Wildman–Crippen LogP) is 0.194. The van der Waals surface area contributed by atoms with Gasteiger partial charge in [-0.25, -0.2) is 14.4 Å². The Morgan fingerprint density at radius 2 is 1.37 bits per heavy atom. The Hall–Kier alpha value is -4.18. The quantitative estimate of drug-likeness (QED) is 0.272. The zero-order valence-electron chi connectivity index (χ0n) is 21.2. The van der Waals surface area contributed by atoms with Gasteiger partial charge in [0.1, 0.15) is 0 Å². The topological polar surface area (TPSA) is 235 Å². The van der Waals surface area contributed by atoms with Gasteiger partial charge in [-0.3, -0.25) is 20.2 Å². The van der Waals surface area contributed by atoms with Crippen LogP contribution in [0, 0.1) is 13.8 Å². The van der Waals surface area contributed by atoms with Gasteiger partial charge in [0.05, 0.1) is 18.9 Å². The molecule has 4 heterocycles. The van der Waals surface area contributed by atoms with Gasteiger partial charge in [-0.1, -0.05) is 10.3 Å². The van der Waals surface area contributed by atoms with E-state index in [2.05, 4.69) is 31.6 Å². The summed E-state index contributed by atoms with van der Waals surface area (Å²) < 4.78 is 10.1. The summed E-state index contributed by atoms with van der Waals surface area (Å²) in [6.07, 6.45) is 1.65. The van der Waals surface area contributed by atoms with Gasteiger partial charge in [-0.2, -0.15) is 0 Å². The smallest absolute Gasteiger partial charge is 0.407 e. The van der Waals surface area contributed by atoms with Crippen molar-refractivity contribution in [2.45, 2.75) is 51.2 Å². The number of hydrogen-bond acceptors (Lipinski definition) is 10. The van der Waals surface area contributed by atoms with Crippen LogP contribution in [0.5, 0.6) is 0 Å². The molecule has 0 bridgehead atoms. The molecule has 0 spiro atoms. The number of imide groups is 2. The predicted molar refractivity (Wildman–Crippen MR) is 130 cm³/mol. The number of carboxylic acid groups (broad SMARTS) is 1. The molecule has 2 aromatic rings. The van der Waals surface area contributed by atoms with Crippen molar-refractivity contribution in [2.24, 2.45) is 5.73 Å². The number of carbonyl (C=O) groups excluding carboxylic acids is 4. The Morgan fingerprint density at radius 1 is 0.947 bits per heavy atom. The van der Waals surface area contributed by atoms with E-state index in [4.69, 9.17) is 14.8 Å². The molecule has 208 valence electrons. The van der Waals surface area contributed by atoms with Gasteiger partial charge in [0, 0.05) is 23.2 Å². The highest BCUT2D eigenvalue weighted by Crippen LogP contribution is 2.31. The lowest BCUT2D eigenvalue weighted by Crippen LogP contribution is -2.58. The molecule has 16 nitrogen and oxygen atoms in total. The number of rotatable bonds is 5. The van der Waals surface area contributed by atoms with E-state index < -0.39 is 46.6 Å². The molecule has 7 amide bonds. The second-order valence-corrected chi connectivity index (χ2v) is 9.55. The fourth-order valence-electron chi connectivity index (χ4n) is 3.96. The van der Waals surface area contributed by atoms with Crippen LogP contribution in [-0.4, -0.2) is 68.9 Å². The second kappa shape index (κ2) is 10.7. The summed E-state index contributed by atoms with van der Waals surface area (Å²) in [5.41, 5.74) is 2.99. The maximum Gasteiger partial charge on any atom is 0.407 e. The first-order valence-corrected chi connectivity index (χ1v) is 11.0. The number of urea groups is 2. The first-order valence-electron chi connectivity index (χ1n) is 11.0. The van der Waals surface area contributed by atoms with Gasteiger partial charge in [-0.05, 0) is 34.6 Å². The molecular formula is C21H29ClN8O8. The number of amides is 7. The van der Waals surface area contributed by atoms with E-state index in [1.54, 1.807) is 34.6 Å². The van der Waals surface area contributed by atoms with Crippen LogP contribution < -0.4 is 27.0 Å². The minimum atomic E-state index is -1.64. The minimum Gasteiger partial charge on any atom is -0.465 e. The van der Waals surface area contributed by atoms with E-state index in [1.165, 1.54) is 12.4 Å². The maximum atomic E-state index is 12.3. The summed E-state index contributed by atoms with van der Waals surface area (Å²) in [5.74, 6) is -0.803. The number of carbonyl (C=O) groups is 5. The number of nitrogens with two attached hydrogens (primary N) is 1. The second-order valence-electron chi connectivity index (χ2n) is 9.55. The molecule has 0 saturated carbocycles. The zero-order valence-corrected chi connectivity index (χ0v) is 22.0. The highest BCUT2D eigenvalue weighted by Gasteiger charge is 2.54. The lowest BCUT2D eigenvalue weighted by atomic mass is 9.91. The van der Waals surface area contributed by atoms with Crippen LogP contribution in [0.3, 0.4) is 0 Å². The molecule has 7 N–H and O–H groups in total. The number of halogens is 1. The molecule has 2 aliphatic rings. The summed E-state index contributed by atoms with van der Waals surface area (Å²) in [6.45, 7) is 8.08. The van der Waals surface area contributed by atoms with Gasteiger partial charge in [-0.15, -0.1) is 12.4 Å². The number of nitrogens with zero attached hydrogens (tertiary/aromatic N) is 3. The van der Waals surface area contributed by atoms with Crippen LogP contribution in [0.15, 0.2) is 21.4 Å². The van der Waals surface area contributed by atoms with Crippen molar-refractivity contribution in [3.63, 3.8) is 0 Å². The molecule has 2 saturated heterocycles. The molecule has 2 atom stereocenters. The van der Waals surface area contributed by atoms with Crippen LogP contribution in [0.25, 0.3) is 0 Å². The van der Waals surface area contributed by atoms with Crippen LogP contribution in [0.2, 0.25) is 0 Å². The molecule has 0 aromatic carbocycles. The van der Waals surface area contributed by atoms with E-state index in [0.29, 0.717) is 11.1 Å². The Morgan fingerprint density at radius 3 is 1.66 bits per heavy atom. The van der Waals surface area contributed by atoms with E-state index in [1.807, 2.05) is 0 Å². The number of aryl methyl sites for hydroxylation is 2. The SMILES string of the molecule is Cc1cnoc1[C@@]1(CN(C(=O)O)C(C)(C)C)NC(=O)NC1=O.Cc1cnoc1[C@@]1(CN)NC(=O)NC1=O.Cl. The van der Waals surface area contributed by atoms with Crippen LogP contribution in [0.1, 0.15) is 43.4 Å². The molecule has 2 aliphatic heterocycles. The Labute approximate surface area is 222 Å². The van der Waals surface area contributed by atoms with Gasteiger partial charge in [0.15, 0.2) is 22.6 Å². The largest absolute Gasteiger partial charge is 0.465 e. The highest BCUT2D eigenvalue weighted by atomic mass is 35.5. The molecule has 2 fully saturated rings. The number of aromatic nitrogens is 2. The van der Waals surface area contributed by atoms with Crippen molar-refractivity contribution < 1.29 is 38.1 Å². The average Bonchev–Trinajstić information content (AvgIpc) is 3.54. The summed E-state index contributed by atoms with van der Waals surface area (Å²) in [5, 5.41) is 25.8. The fourth-order valence-corrected chi connectivity index (χ4v) is 3.96. The van der Waals surface area contributed by atoms with E-state index in [9.17, 15) is 29.1 Å². The third-order valence-corrected chi connectivity index (χ3v) is 5.90. The summed E-state index contributed by atoms with van der Waals surface area (Å²) >= 11 is 0. The standard InChI is InChI=1S/C13H18N4O5.C8H10N4O3.ClH/c1-7-5-14-22-8(7)13(9(18)15-10(19)16-13)6-17(11(20)21)12(2,3)4;1-4-2-10-15-5(4)8(3-9)6(13)11-7(14)12-8;/h5H,6H2,1-4H3,(H,20,21)(H2,15,16,18,19);2H,3,9H2,1H3,(H2,11,12,13,14);1H/t13-;8-;/m11./s1. The van der Waals surface area contributed by atoms with Crippen molar-refractivity contribution in [1.29, 1.82) is 0 Å². The van der Waals surface area contributed by atoms with Crippen molar-refractivity contribution in [2.75, 3.05) is 13.1 Å². The summed E-state index contributed by atoms with van der Waals surface area (Å²) in [6, 6.07) is -1.29. The molecule has 0 radical (unpaired) electrons.